The van der Waals surface area contributed by atoms with Gasteiger partial charge in [0.1, 0.15) is 0 Å². The van der Waals surface area contributed by atoms with Gasteiger partial charge in [0, 0.05) is 5.97 Å². The molecule has 5 heteroatoms. The minimum absolute atomic E-state index is 0.0467. The number of aliphatic carboxylic acids is 1. The zero-order chi connectivity index (χ0) is 18.9. The van der Waals surface area contributed by atoms with E-state index in [9.17, 15) is 25.2 Å². The number of allylic oxidation sites excluding steroid dienone is 6. The van der Waals surface area contributed by atoms with Crippen molar-refractivity contribution in [3.05, 3.63) is 48.6 Å². The minimum Gasteiger partial charge on any atom is -0.550 e. The lowest BCUT2D eigenvalue weighted by molar-refractivity contribution is -0.305. The molecule has 0 spiro atoms. The Morgan fingerprint density at radius 2 is 1.48 bits per heavy atom. The van der Waals surface area contributed by atoms with Crippen LogP contribution in [0.15, 0.2) is 48.6 Å². The van der Waals surface area contributed by atoms with Gasteiger partial charge >= 0.3 is 0 Å². The van der Waals surface area contributed by atoms with Crippen molar-refractivity contribution in [2.24, 2.45) is 0 Å². The molecular formula is C20H31O5-. The lowest BCUT2D eigenvalue weighted by Crippen LogP contribution is -2.23. The van der Waals surface area contributed by atoms with Gasteiger partial charge in [-0.25, -0.2) is 0 Å². The smallest absolute Gasteiger partial charge is 0.0982 e. The molecule has 0 aliphatic rings. The van der Waals surface area contributed by atoms with Crippen molar-refractivity contribution in [3.8, 4) is 0 Å². The van der Waals surface area contributed by atoms with Gasteiger partial charge in [-0.3, -0.25) is 0 Å². The number of hydrogen-bond donors (Lipinski definition) is 3. The molecule has 3 atom stereocenters. The topological polar surface area (TPSA) is 101 Å². The van der Waals surface area contributed by atoms with E-state index in [4.69, 9.17) is 0 Å². The molecule has 0 saturated heterocycles. The predicted octanol–water partition coefficient (Wildman–Crippen LogP) is 1.79. The Labute approximate surface area is 150 Å². The number of carbonyl (C=O) groups excluding carboxylic acids is 1. The average Bonchev–Trinajstić information content (AvgIpc) is 2.56. The normalized spacial score (nSPS) is 16.3. The zero-order valence-electron chi connectivity index (χ0n) is 15.0. The second-order valence-corrected chi connectivity index (χ2v) is 5.92. The third-order valence-electron chi connectivity index (χ3n) is 3.58. The molecule has 0 rings (SSSR count). The lowest BCUT2D eigenvalue weighted by Gasteiger charge is -2.13. The van der Waals surface area contributed by atoms with Crippen molar-refractivity contribution in [2.75, 3.05) is 0 Å². The highest BCUT2D eigenvalue weighted by molar-refractivity contribution is 5.64. The van der Waals surface area contributed by atoms with Gasteiger partial charge in [-0.2, -0.15) is 0 Å². The van der Waals surface area contributed by atoms with Crippen LogP contribution < -0.4 is 5.11 Å². The molecule has 0 aromatic carbocycles. The second-order valence-electron chi connectivity index (χ2n) is 5.92. The third kappa shape index (κ3) is 15.6. The summed E-state index contributed by atoms with van der Waals surface area (Å²) in [5.41, 5.74) is 0. The van der Waals surface area contributed by atoms with Crippen LogP contribution in [0.1, 0.15) is 51.9 Å². The van der Waals surface area contributed by atoms with E-state index in [-0.39, 0.29) is 6.42 Å². The van der Waals surface area contributed by atoms with E-state index in [0.717, 1.165) is 19.3 Å². The maximum absolute atomic E-state index is 10.2. The summed E-state index contributed by atoms with van der Waals surface area (Å²) >= 11 is 0. The number of carboxylic acids is 1. The maximum atomic E-state index is 10.2. The van der Waals surface area contributed by atoms with Crippen LogP contribution in [0, 0.1) is 0 Å². The van der Waals surface area contributed by atoms with E-state index in [1.165, 1.54) is 0 Å². The Hall–Kier alpha value is -1.69. The molecule has 0 aliphatic heterocycles. The van der Waals surface area contributed by atoms with Gasteiger partial charge in [-0.05, 0) is 25.7 Å². The monoisotopic (exact) mass is 351 g/mol. The van der Waals surface area contributed by atoms with E-state index >= 15 is 0 Å². The fourth-order valence-corrected chi connectivity index (χ4v) is 2.08. The molecule has 5 nitrogen and oxygen atoms in total. The largest absolute Gasteiger partial charge is 0.550 e. The van der Waals surface area contributed by atoms with Gasteiger partial charge in [-0.15, -0.1) is 0 Å². The lowest BCUT2D eigenvalue weighted by atomic mass is 10.1. The number of carboxylic acid groups (broad SMARTS) is 1. The van der Waals surface area contributed by atoms with Crippen LogP contribution in [0.4, 0.5) is 0 Å². The molecule has 0 fully saturated rings. The zero-order valence-corrected chi connectivity index (χ0v) is 15.0. The predicted molar refractivity (Wildman–Crippen MR) is 97.6 cm³/mol. The standard InChI is InChI=1S/C20H32O5/c1-2-3-8-14-18(22)19(23)15-10-7-5-4-6-9-12-17(21)13-11-16-20(24)25/h4-7,9-10,12,15,17-19,21-23H,2-3,8,11,13-14,16H2,1H3,(H,24,25)/p-1/b6-4-,7-5+,12-9+,15-10+/t17-,18-,19-/m1/s1. The average molecular weight is 351 g/mol. The summed E-state index contributed by atoms with van der Waals surface area (Å²) in [4.78, 5) is 10.2. The van der Waals surface area contributed by atoms with E-state index in [1.54, 1.807) is 48.6 Å². The molecule has 0 bridgehead atoms. The van der Waals surface area contributed by atoms with Crippen molar-refractivity contribution in [1.82, 2.24) is 0 Å². The van der Waals surface area contributed by atoms with Gasteiger partial charge in [0.25, 0.3) is 0 Å². The summed E-state index contributed by atoms with van der Waals surface area (Å²) in [6, 6.07) is 0. The Balaban J connectivity index is 3.96. The molecular weight excluding hydrogens is 320 g/mol. The first-order valence-electron chi connectivity index (χ1n) is 8.89. The maximum Gasteiger partial charge on any atom is 0.0982 e. The van der Waals surface area contributed by atoms with Crippen molar-refractivity contribution in [2.45, 2.75) is 70.2 Å². The third-order valence-corrected chi connectivity index (χ3v) is 3.58. The van der Waals surface area contributed by atoms with Crippen molar-refractivity contribution in [1.29, 1.82) is 0 Å². The Kier molecular flexibility index (Phi) is 14.7. The first kappa shape index (κ1) is 23.3. The molecule has 3 N–H and O–H groups in total. The number of hydrogen-bond acceptors (Lipinski definition) is 5. The number of rotatable bonds is 14. The van der Waals surface area contributed by atoms with Crippen molar-refractivity contribution < 1.29 is 25.2 Å². The van der Waals surface area contributed by atoms with Crippen molar-refractivity contribution >= 4 is 5.97 Å². The molecule has 0 saturated carbocycles. The first-order chi connectivity index (χ1) is 12.0. The Morgan fingerprint density at radius 3 is 2.08 bits per heavy atom. The molecule has 0 aliphatic carbocycles. The van der Waals surface area contributed by atoms with E-state index in [1.807, 2.05) is 0 Å². The second kappa shape index (κ2) is 15.8. The highest BCUT2D eigenvalue weighted by Crippen LogP contribution is 2.07. The Bertz CT molecular complexity index is 451. The number of unbranched alkanes of at least 4 members (excludes halogenated alkanes) is 2. The minimum atomic E-state index is -1.10. The molecule has 142 valence electrons. The molecule has 0 aromatic heterocycles. The van der Waals surface area contributed by atoms with Crippen LogP contribution in [0.25, 0.3) is 0 Å². The molecule has 0 radical (unpaired) electrons. The fourth-order valence-electron chi connectivity index (χ4n) is 2.08. The molecule has 0 unspecified atom stereocenters. The van der Waals surface area contributed by atoms with Crippen LogP contribution in [0.3, 0.4) is 0 Å². The fraction of sp³-hybridized carbons (Fsp3) is 0.550. The highest BCUT2D eigenvalue weighted by Gasteiger charge is 2.11. The van der Waals surface area contributed by atoms with Crippen LogP contribution in [0.2, 0.25) is 0 Å². The summed E-state index contributed by atoms with van der Waals surface area (Å²) < 4.78 is 0. The SMILES string of the molecule is CCCCC[C@@H](O)[C@H](O)/C=C/C=C/C=C\C=C\[C@@H](O)CCCC(=O)[O-]. The van der Waals surface area contributed by atoms with Crippen LogP contribution in [-0.2, 0) is 4.79 Å². The van der Waals surface area contributed by atoms with Crippen molar-refractivity contribution in [3.63, 3.8) is 0 Å². The summed E-state index contributed by atoms with van der Waals surface area (Å²) in [6.45, 7) is 2.09. The van der Waals surface area contributed by atoms with Gasteiger partial charge in [0.2, 0.25) is 0 Å². The number of aliphatic hydroxyl groups excluding tert-OH is 3. The molecule has 25 heavy (non-hydrogen) atoms. The molecule has 0 amide bonds. The van der Waals surface area contributed by atoms with Gasteiger partial charge in [0.05, 0.1) is 18.3 Å². The summed E-state index contributed by atoms with van der Waals surface area (Å²) in [7, 11) is 0. The molecule has 0 aromatic rings. The van der Waals surface area contributed by atoms with E-state index in [0.29, 0.717) is 19.3 Å². The van der Waals surface area contributed by atoms with Gasteiger partial charge < -0.3 is 25.2 Å². The van der Waals surface area contributed by atoms with E-state index in [2.05, 4.69) is 6.92 Å². The van der Waals surface area contributed by atoms with Crippen LogP contribution in [0.5, 0.6) is 0 Å². The van der Waals surface area contributed by atoms with E-state index < -0.39 is 24.3 Å². The summed E-state index contributed by atoms with van der Waals surface area (Å²) in [5, 5.41) is 39.3. The van der Waals surface area contributed by atoms with Crippen LogP contribution >= 0.6 is 0 Å². The summed E-state index contributed by atoms with van der Waals surface area (Å²) in [5.74, 6) is -1.10. The van der Waals surface area contributed by atoms with Gasteiger partial charge in [0.15, 0.2) is 0 Å². The highest BCUT2D eigenvalue weighted by atomic mass is 16.4. The Morgan fingerprint density at radius 1 is 0.880 bits per heavy atom. The quantitative estimate of drug-likeness (QED) is 0.327. The first-order valence-corrected chi connectivity index (χ1v) is 8.89. The number of aliphatic hydroxyl groups is 3. The molecule has 0 heterocycles. The number of carbonyl (C=O) groups is 1. The van der Waals surface area contributed by atoms with Crippen LogP contribution in [-0.4, -0.2) is 39.6 Å². The van der Waals surface area contributed by atoms with Gasteiger partial charge in [-0.1, -0.05) is 74.8 Å². The summed E-state index contributed by atoms with van der Waals surface area (Å²) in [6.07, 6.45) is 15.6.